The summed E-state index contributed by atoms with van der Waals surface area (Å²) < 4.78 is 42.2. The summed E-state index contributed by atoms with van der Waals surface area (Å²) in [6, 6.07) is 1.70. The molecule has 1 heterocycles. The normalized spacial score (nSPS) is 19.2. The zero-order chi connectivity index (χ0) is 13.1. The molecular formula is C9H12F3N3O2. The van der Waals surface area contributed by atoms with Gasteiger partial charge in [-0.25, -0.2) is 0 Å². The van der Waals surface area contributed by atoms with E-state index in [1.54, 1.807) is 6.07 Å². The molecule has 0 radical (unpaired) electrons. The van der Waals surface area contributed by atoms with E-state index in [-0.39, 0.29) is 26.2 Å². The molecule has 17 heavy (non-hydrogen) atoms. The Balaban J connectivity index is 2.41. The lowest BCUT2D eigenvalue weighted by atomic mass is 9.93. The molecule has 1 aliphatic heterocycles. The van der Waals surface area contributed by atoms with E-state index in [0.29, 0.717) is 0 Å². The first-order chi connectivity index (χ1) is 7.84. The van der Waals surface area contributed by atoms with Crippen molar-refractivity contribution in [1.29, 1.82) is 5.26 Å². The topological polar surface area (TPSA) is 65.4 Å². The summed E-state index contributed by atoms with van der Waals surface area (Å²) in [6.45, 7) is -1.05. The van der Waals surface area contributed by atoms with Crippen LogP contribution < -0.4 is 5.32 Å². The number of likely N-dealkylation sites (tertiary alicyclic amines) is 1. The predicted octanol–water partition coefficient (Wildman–Crippen LogP) is -0.111. The molecule has 0 spiro atoms. The summed E-state index contributed by atoms with van der Waals surface area (Å²) in [7, 11) is 1.00. The fourth-order valence-electron chi connectivity index (χ4n) is 1.61. The summed E-state index contributed by atoms with van der Waals surface area (Å²) in [5, 5.41) is 10.5. The Kier molecular flexibility index (Phi) is 3.95. The van der Waals surface area contributed by atoms with Crippen molar-refractivity contribution < 1.29 is 22.7 Å². The molecular weight excluding hydrogens is 239 g/mol. The third kappa shape index (κ3) is 2.87. The van der Waals surface area contributed by atoms with Crippen molar-refractivity contribution >= 4 is 5.91 Å². The number of nitrogens with one attached hydrogen (secondary N) is 1. The molecule has 0 aromatic carbocycles. The number of amides is 1. The second-order valence-electron chi connectivity index (χ2n) is 3.78. The first-order valence-corrected chi connectivity index (χ1v) is 4.82. The molecule has 0 atom stereocenters. The zero-order valence-corrected chi connectivity index (χ0v) is 9.17. The number of nitrogens with zero attached hydrogens (tertiary/aromatic N) is 2. The van der Waals surface area contributed by atoms with Gasteiger partial charge in [0.2, 0.25) is 5.91 Å². The van der Waals surface area contributed by atoms with Crippen molar-refractivity contribution in [2.45, 2.75) is 11.8 Å². The quantitative estimate of drug-likeness (QED) is 0.708. The summed E-state index contributed by atoms with van der Waals surface area (Å²) >= 11 is 0. The number of hydrogen-bond acceptors (Lipinski definition) is 4. The first-order valence-electron chi connectivity index (χ1n) is 4.82. The van der Waals surface area contributed by atoms with Gasteiger partial charge in [0.15, 0.2) is 5.60 Å². The van der Waals surface area contributed by atoms with Crippen molar-refractivity contribution in [2.75, 3.05) is 33.3 Å². The Labute approximate surface area is 96.1 Å². The Hall–Kier alpha value is -1.33. The van der Waals surface area contributed by atoms with Gasteiger partial charge in [-0.1, -0.05) is 0 Å². The number of nitriles is 1. The number of hydrogen-bond donors (Lipinski definition) is 1. The number of halogens is 3. The van der Waals surface area contributed by atoms with Gasteiger partial charge in [0.25, 0.3) is 0 Å². The molecule has 1 fully saturated rings. The van der Waals surface area contributed by atoms with E-state index >= 15 is 0 Å². The highest BCUT2D eigenvalue weighted by atomic mass is 19.4. The largest absolute Gasteiger partial charge is 0.419 e. The van der Waals surface area contributed by atoms with Crippen LogP contribution in [0.1, 0.15) is 0 Å². The second-order valence-corrected chi connectivity index (χ2v) is 3.78. The standard InChI is InChI=1S/C9H12F3N3O2/c1-17-8(9(10,11)12)5-15(6-8)4-7(16)14-3-2-13/h3-6H2,1H3,(H,14,16). The lowest BCUT2D eigenvalue weighted by Gasteiger charge is -2.49. The van der Waals surface area contributed by atoms with E-state index in [1.807, 2.05) is 0 Å². The molecule has 1 saturated heterocycles. The van der Waals surface area contributed by atoms with E-state index in [9.17, 15) is 18.0 Å². The van der Waals surface area contributed by atoms with E-state index in [2.05, 4.69) is 10.1 Å². The average molecular weight is 251 g/mol. The van der Waals surface area contributed by atoms with Crippen LogP contribution in [0.2, 0.25) is 0 Å². The number of methoxy groups -OCH3 is 1. The van der Waals surface area contributed by atoms with Gasteiger partial charge in [-0.3, -0.25) is 9.69 Å². The molecule has 0 saturated carbocycles. The summed E-state index contributed by atoms with van der Waals surface area (Å²) in [5.41, 5.74) is -2.16. The smallest absolute Gasteiger partial charge is 0.366 e. The Bertz CT molecular complexity index is 331. The van der Waals surface area contributed by atoms with E-state index in [4.69, 9.17) is 5.26 Å². The van der Waals surface area contributed by atoms with Gasteiger partial charge in [-0.05, 0) is 0 Å². The van der Waals surface area contributed by atoms with Crippen molar-refractivity contribution in [3.8, 4) is 6.07 Å². The van der Waals surface area contributed by atoms with Crippen LogP contribution in [-0.2, 0) is 9.53 Å². The maximum Gasteiger partial charge on any atom is 0.419 e. The third-order valence-corrected chi connectivity index (χ3v) is 2.60. The first kappa shape index (κ1) is 13.7. The Morgan fingerprint density at radius 3 is 2.59 bits per heavy atom. The fraction of sp³-hybridized carbons (Fsp3) is 0.778. The van der Waals surface area contributed by atoms with Crippen LogP contribution in [-0.4, -0.2) is 55.9 Å². The third-order valence-electron chi connectivity index (χ3n) is 2.60. The minimum atomic E-state index is -4.44. The number of carbonyl (C=O) groups excluding carboxylic acids is 1. The molecule has 0 aliphatic carbocycles. The van der Waals surface area contributed by atoms with Gasteiger partial charge in [0.1, 0.15) is 6.54 Å². The molecule has 0 aromatic heterocycles. The summed E-state index contributed by atoms with van der Waals surface area (Å²) in [4.78, 5) is 12.4. The monoisotopic (exact) mass is 251 g/mol. The van der Waals surface area contributed by atoms with Crippen LogP contribution >= 0.6 is 0 Å². The predicted molar refractivity (Wildman–Crippen MR) is 50.9 cm³/mol. The molecule has 96 valence electrons. The maximum atomic E-state index is 12.6. The molecule has 0 aromatic rings. The lowest BCUT2D eigenvalue weighted by Crippen LogP contribution is -2.70. The minimum Gasteiger partial charge on any atom is -0.366 e. The SMILES string of the molecule is COC1(C(F)(F)F)CN(CC(=O)NCC#N)C1. The van der Waals surface area contributed by atoms with Gasteiger partial charge in [-0.2, -0.15) is 18.4 Å². The van der Waals surface area contributed by atoms with Crippen molar-refractivity contribution in [2.24, 2.45) is 0 Å². The molecule has 5 nitrogen and oxygen atoms in total. The van der Waals surface area contributed by atoms with Crippen LogP contribution in [0.5, 0.6) is 0 Å². The zero-order valence-electron chi connectivity index (χ0n) is 9.17. The van der Waals surface area contributed by atoms with Crippen molar-refractivity contribution in [1.82, 2.24) is 10.2 Å². The molecule has 0 bridgehead atoms. The molecule has 0 unspecified atom stereocenters. The molecule has 1 rings (SSSR count). The van der Waals surface area contributed by atoms with Crippen LogP contribution in [0.4, 0.5) is 13.2 Å². The molecule has 1 aliphatic rings. The maximum absolute atomic E-state index is 12.6. The van der Waals surface area contributed by atoms with Crippen molar-refractivity contribution in [3.05, 3.63) is 0 Å². The summed E-state index contributed by atoms with van der Waals surface area (Å²) in [6.07, 6.45) is -4.44. The van der Waals surface area contributed by atoms with Gasteiger partial charge in [-0.15, -0.1) is 0 Å². The number of carbonyl (C=O) groups is 1. The van der Waals surface area contributed by atoms with Crippen LogP contribution in [0, 0.1) is 11.3 Å². The Morgan fingerprint density at radius 2 is 2.18 bits per heavy atom. The number of ether oxygens (including phenoxy) is 1. The number of alkyl halides is 3. The lowest BCUT2D eigenvalue weighted by molar-refractivity contribution is -0.309. The summed E-state index contributed by atoms with van der Waals surface area (Å²) in [5.74, 6) is -0.474. The van der Waals surface area contributed by atoms with Gasteiger partial charge >= 0.3 is 6.18 Å². The van der Waals surface area contributed by atoms with Gasteiger partial charge < -0.3 is 10.1 Å². The minimum absolute atomic E-state index is 0.151. The highest BCUT2D eigenvalue weighted by molar-refractivity contribution is 5.78. The number of rotatable bonds is 4. The second kappa shape index (κ2) is 4.89. The van der Waals surface area contributed by atoms with E-state index < -0.39 is 17.7 Å². The molecule has 8 heteroatoms. The van der Waals surface area contributed by atoms with Crippen molar-refractivity contribution in [3.63, 3.8) is 0 Å². The van der Waals surface area contributed by atoms with Crippen LogP contribution in [0.25, 0.3) is 0 Å². The van der Waals surface area contributed by atoms with Gasteiger partial charge in [0, 0.05) is 20.2 Å². The highest BCUT2D eigenvalue weighted by Crippen LogP contribution is 2.40. The Morgan fingerprint density at radius 1 is 1.59 bits per heavy atom. The van der Waals surface area contributed by atoms with Crippen LogP contribution in [0.15, 0.2) is 0 Å². The highest BCUT2D eigenvalue weighted by Gasteiger charge is 2.62. The molecule has 1 amide bonds. The van der Waals surface area contributed by atoms with Gasteiger partial charge in [0.05, 0.1) is 12.6 Å². The van der Waals surface area contributed by atoms with Crippen LogP contribution in [0.3, 0.4) is 0 Å². The molecule has 1 N–H and O–H groups in total. The fourth-order valence-corrected chi connectivity index (χ4v) is 1.61. The average Bonchev–Trinajstić information content (AvgIpc) is 2.17. The van der Waals surface area contributed by atoms with E-state index in [1.165, 1.54) is 4.90 Å². The van der Waals surface area contributed by atoms with E-state index in [0.717, 1.165) is 7.11 Å².